The Morgan fingerprint density at radius 2 is 1.80 bits per heavy atom. The van der Waals surface area contributed by atoms with E-state index in [2.05, 4.69) is 14.9 Å². The number of likely N-dealkylation sites (tertiary alicyclic amines) is 1. The number of hydrogen-bond acceptors (Lipinski definition) is 6. The SMILES string of the molecule is CC(C)(C)OC(=O)N1CCN(C2CN(C(=O)c3ccncn3)C2)CC1. The summed E-state index contributed by atoms with van der Waals surface area (Å²) in [7, 11) is 0. The van der Waals surface area contributed by atoms with E-state index in [0.29, 0.717) is 37.9 Å². The van der Waals surface area contributed by atoms with Crippen molar-refractivity contribution in [2.24, 2.45) is 0 Å². The molecule has 2 amide bonds. The van der Waals surface area contributed by atoms with Gasteiger partial charge in [-0.15, -0.1) is 0 Å². The van der Waals surface area contributed by atoms with Crippen LogP contribution in [-0.2, 0) is 4.74 Å². The van der Waals surface area contributed by atoms with Crippen molar-refractivity contribution in [2.45, 2.75) is 32.4 Å². The third-order valence-corrected chi connectivity index (χ3v) is 4.43. The quantitative estimate of drug-likeness (QED) is 0.789. The Bertz CT molecular complexity index is 617. The summed E-state index contributed by atoms with van der Waals surface area (Å²) < 4.78 is 5.41. The molecule has 0 saturated carbocycles. The second-order valence-corrected chi connectivity index (χ2v) is 7.46. The minimum absolute atomic E-state index is 0.0500. The number of amides is 2. The van der Waals surface area contributed by atoms with E-state index in [9.17, 15) is 9.59 Å². The fraction of sp³-hybridized carbons (Fsp3) is 0.647. The van der Waals surface area contributed by atoms with Crippen LogP contribution < -0.4 is 0 Å². The maximum Gasteiger partial charge on any atom is 0.410 e. The Balaban J connectivity index is 1.43. The summed E-state index contributed by atoms with van der Waals surface area (Å²) in [5.41, 5.74) is -0.0347. The van der Waals surface area contributed by atoms with Gasteiger partial charge in [0.1, 0.15) is 17.6 Å². The molecule has 8 heteroatoms. The van der Waals surface area contributed by atoms with Gasteiger partial charge in [0.2, 0.25) is 0 Å². The molecule has 0 N–H and O–H groups in total. The zero-order valence-electron chi connectivity index (χ0n) is 15.0. The van der Waals surface area contributed by atoms with Crippen molar-refractivity contribution in [3.05, 3.63) is 24.3 Å². The number of nitrogens with zero attached hydrogens (tertiary/aromatic N) is 5. The maximum atomic E-state index is 12.3. The molecule has 2 fully saturated rings. The van der Waals surface area contributed by atoms with Crippen LogP contribution in [0.25, 0.3) is 0 Å². The Labute approximate surface area is 147 Å². The molecular formula is C17H25N5O3. The van der Waals surface area contributed by atoms with Crippen molar-refractivity contribution < 1.29 is 14.3 Å². The summed E-state index contributed by atoms with van der Waals surface area (Å²) in [6, 6.07) is 1.99. The first kappa shape index (κ1) is 17.6. The van der Waals surface area contributed by atoms with Gasteiger partial charge in [0.25, 0.3) is 5.91 Å². The van der Waals surface area contributed by atoms with Gasteiger partial charge in [-0.3, -0.25) is 9.69 Å². The lowest BCUT2D eigenvalue weighted by atomic mass is 10.1. The standard InChI is InChI=1S/C17H25N5O3/c1-17(2,3)25-16(24)21-8-6-20(7-9-21)13-10-22(11-13)15(23)14-4-5-18-12-19-14/h4-5,12-13H,6-11H2,1-3H3. The lowest BCUT2D eigenvalue weighted by molar-refractivity contribution is -0.00865. The minimum atomic E-state index is -0.468. The van der Waals surface area contributed by atoms with Crippen molar-refractivity contribution in [1.29, 1.82) is 0 Å². The molecule has 1 aromatic rings. The van der Waals surface area contributed by atoms with E-state index < -0.39 is 5.60 Å². The lowest BCUT2D eigenvalue weighted by Gasteiger charge is -2.47. The summed E-state index contributed by atoms with van der Waals surface area (Å²) in [6.07, 6.45) is 2.72. The van der Waals surface area contributed by atoms with Crippen molar-refractivity contribution in [1.82, 2.24) is 24.7 Å². The third kappa shape index (κ3) is 4.25. The van der Waals surface area contributed by atoms with Crippen LogP contribution in [0.5, 0.6) is 0 Å². The van der Waals surface area contributed by atoms with Gasteiger partial charge in [-0.2, -0.15) is 0 Å². The topological polar surface area (TPSA) is 78.9 Å². The summed E-state index contributed by atoms with van der Waals surface area (Å²) in [5.74, 6) is -0.0500. The molecule has 136 valence electrons. The van der Waals surface area contributed by atoms with E-state index in [0.717, 1.165) is 13.1 Å². The fourth-order valence-electron chi connectivity index (χ4n) is 3.03. The number of hydrogen-bond donors (Lipinski definition) is 0. The highest BCUT2D eigenvalue weighted by Crippen LogP contribution is 2.19. The molecule has 0 spiro atoms. The minimum Gasteiger partial charge on any atom is -0.444 e. The van der Waals surface area contributed by atoms with E-state index in [-0.39, 0.29) is 12.0 Å². The van der Waals surface area contributed by atoms with Crippen LogP contribution in [0.2, 0.25) is 0 Å². The zero-order valence-corrected chi connectivity index (χ0v) is 15.0. The Morgan fingerprint density at radius 1 is 1.12 bits per heavy atom. The van der Waals surface area contributed by atoms with Crippen LogP contribution in [-0.4, -0.2) is 87.6 Å². The molecule has 8 nitrogen and oxygen atoms in total. The smallest absolute Gasteiger partial charge is 0.410 e. The fourth-order valence-corrected chi connectivity index (χ4v) is 3.03. The highest BCUT2D eigenvalue weighted by Gasteiger charge is 2.37. The van der Waals surface area contributed by atoms with Crippen molar-refractivity contribution in [3.8, 4) is 0 Å². The number of carbonyl (C=O) groups is 2. The molecule has 2 saturated heterocycles. The Hall–Kier alpha value is -2.22. The molecule has 0 radical (unpaired) electrons. The number of rotatable bonds is 2. The molecule has 0 aliphatic carbocycles. The predicted molar refractivity (Wildman–Crippen MR) is 91.1 cm³/mol. The number of piperazine rings is 1. The second-order valence-electron chi connectivity index (χ2n) is 7.46. The second kappa shape index (κ2) is 6.95. The summed E-state index contributed by atoms with van der Waals surface area (Å²) in [5, 5.41) is 0. The largest absolute Gasteiger partial charge is 0.444 e. The molecule has 3 heterocycles. The van der Waals surface area contributed by atoms with E-state index in [1.54, 1.807) is 22.1 Å². The van der Waals surface area contributed by atoms with E-state index in [4.69, 9.17) is 4.74 Å². The summed E-state index contributed by atoms with van der Waals surface area (Å²) >= 11 is 0. The van der Waals surface area contributed by atoms with Gasteiger partial charge in [-0.1, -0.05) is 0 Å². The lowest BCUT2D eigenvalue weighted by Crippen LogP contribution is -2.64. The van der Waals surface area contributed by atoms with Crippen LogP contribution in [0, 0.1) is 0 Å². The zero-order chi connectivity index (χ0) is 18.0. The third-order valence-electron chi connectivity index (χ3n) is 4.43. The molecule has 0 atom stereocenters. The Morgan fingerprint density at radius 3 is 2.36 bits per heavy atom. The van der Waals surface area contributed by atoms with Crippen molar-refractivity contribution in [2.75, 3.05) is 39.3 Å². The first-order valence-electron chi connectivity index (χ1n) is 8.61. The molecule has 2 aliphatic heterocycles. The Kier molecular flexibility index (Phi) is 4.89. The highest BCUT2D eigenvalue weighted by molar-refractivity contribution is 5.92. The van der Waals surface area contributed by atoms with Crippen LogP contribution in [0.3, 0.4) is 0 Å². The molecular weight excluding hydrogens is 322 g/mol. The average molecular weight is 347 g/mol. The molecule has 0 aromatic carbocycles. The molecule has 1 aromatic heterocycles. The molecule has 0 unspecified atom stereocenters. The normalized spacial score (nSPS) is 19.5. The number of carbonyl (C=O) groups excluding carboxylic acids is 2. The van der Waals surface area contributed by atoms with Gasteiger partial charge in [-0.25, -0.2) is 14.8 Å². The van der Waals surface area contributed by atoms with Crippen molar-refractivity contribution >= 4 is 12.0 Å². The van der Waals surface area contributed by atoms with E-state index in [1.807, 2.05) is 20.8 Å². The van der Waals surface area contributed by atoms with Gasteiger partial charge < -0.3 is 14.5 Å². The van der Waals surface area contributed by atoms with Crippen LogP contribution in [0.4, 0.5) is 4.79 Å². The van der Waals surface area contributed by atoms with Gasteiger partial charge in [0, 0.05) is 51.5 Å². The highest BCUT2D eigenvalue weighted by atomic mass is 16.6. The van der Waals surface area contributed by atoms with Gasteiger partial charge >= 0.3 is 6.09 Å². The van der Waals surface area contributed by atoms with Crippen LogP contribution >= 0.6 is 0 Å². The first-order chi connectivity index (χ1) is 11.8. The van der Waals surface area contributed by atoms with Crippen LogP contribution in [0.1, 0.15) is 31.3 Å². The maximum absolute atomic E-state index is 12.3. The number of ether oxygens (including phenoxy) is 1. The summed E-state index contributed by atoms with van der Waals surface area (Å²) in [6.45, 7) is 9.95. The van der Waals surface area contributed by atoms with Gasteiger partial charge in [-0.05, 0) is 26.8 Å². The molecule has 2 aliphatic rings. The van der Waals surface area contributed by atoms with Gasteiger partial charge in [0.05, 0.1) is 0 Å². The summed E-state index contributed by atoms with van der Waals surface area (Å²) in [4.78, 5) is 38.1. The van der Waals surface area contributed by atoms with E-state index in [1.165, 1.54) is 6.33 Å². The number of aromatic nitrogens is 2. The molecule has 25 heavy (non-hydrogen) atoms. The molecule has 0 bridgehead atoms. The first-order valence-corrected chi connectivity index (χ1v) is 8.61. The van der Waals surface area contributed by atoms with Gasteiger partial charge in [0.15, 0.2) is 0 Å². The van der Waals surface area contributed by atoms with E-state index >= 15 is 0 Å². The monoisotopic (exact) mass is 347 g/mol. The van der Waals surface area contributed by atoms with Crippen LogP contribution in [0.15, 0.2) is 18.6 Å². The average Bonchev–Trinajstić information content (AvgIpc) is 2.53. The molecule has 3 rings (SSSR count). The predicted octanol–water partition coefficient (Wildman–Crippen LogP) is 0.854. The van der Waals surface area contributed by atoms with Crippen molar-refractivity contribution in [3.63, 3.8) is 0 Å².